The molecule has 1 aliphatic heterocycles. The van der Waals surface area contributed by atoms with Crippen molar-refractivity contribution >= 4 is 11.9 Å². The predicted molar refractivity (Wildman–Crippen MR) is 74.8 cm³/mol. The highest BCUT2D eigenvalue weighted by Gasteiger charge is 2.72. The molecule has 0 N–H and O–H groups in total. The molecule has 0 radical (unpaired) electrons. The molecule has 2 saturated carbocycles. The highest BCUT2D eigenvalue weighted by molar-refractivity contribution is 5.84. The second kappa shape index (κ2) is 5.01. The molecule has 5 unspecified atom stereocenters. The first-order valence-corrected chi connectivity index (χ1v) is 7.63. The van der Waals surface area contributed by atoms with Gasteiger partial charge in [-0.1, -0.05) is 13.8 Å². The van der Waals surface area contributed by atoms with Crippen molar-refractivity contribution in [3.05, 3.63) is 0 Å². The van der Waals surface area contributed by atoms with Crippen LogP contribution in [0.1, 0.15) is 47.5 Å². The van der Waals surface area contributed by atoms with Gasteiger partial charge in [0, 0.05) is 11.8 Å². The molecule has 5 atom stereocenters. The van der Waals surface area contributed by atoms with Crippen LogP contribution in [-0.4, -0.2) is 24.1 Å². The predicted octanol–water partition coefficient (Wildman–Crippen LogP) is 2.45. The molecule has 1 heterocycles. The monoisotopic (exact) mass is 293 g/mol. The van der Waals surface area contributed by atoms with Gasteiger partial charge in [0.1, 0.15) is 12.2 Å². The van der Waals surface area contributed by atoms with E-state index in [1.54, 1.807) is 20.8 Å². The van der Waals surface area contributed by atoms with E-state index in [9.17, 15) is 14.9 Å². The minimum absolute atomic E-state index is 0.0763. The Kier molecular flexibility index (Phi) is 3.77. The molecular weight excluding hydrogens is 270 g/mol. The molecule has 3 aliphatic rings. The summed E-state index contributed by atoms with van der Waals surface area (Å²) in [5.74, 6) is -0.738. The van der Waals surface area contributed by atoms with Crippen LogP contribution in [-0.2, 0) is 19.1 Å². The van der Waals surface area contributed by atoms with Gasteiger partial charge in [-0.2, -0.15) is 5.26 Å². The number of fused-ring (bicyclic) bond motifs is 1. The Morgan fingerprint density at radius 3 is 2.57 bits per heavy atom. The number of nitrogens with zero attached hydrogens (tertiary/aromatic N) is 1. The van der Waals surface area contributed by atoms with Crippen LogP contribution in [0.2, 0.25) is 0 Å². The van der Waals surface area contributed by atoms with Crippen LogP contribution in [0.5, 0.6) is 0 Å². The third kappa shape index (κ3) is 2.12. The van der Waals surface area contributed by atoms with E-state index in [-0.39, 0.29) is 23.9 Å². The Balaban J connectivity index is 0.000000774. The average molecular weight is 293 g/mol. The fourth-order valence-corrected chi connectivity index (χ4v) is 3.59. The summed E-state index contributed by atoms with van der Waals surface area (Å²) in [6.45, 7) is 9.38. The van der Waals surface area contributed by atoms with Crippen LogP contribution >= 0.6 is 0 Å². The van der Waals surface area contributed by atoms with E-state index in [0.29, 0.717) is 6.42 Å². The smallest absolute Gasteiger partial charge is 0.327 e. The van der Waals surface area contributed by atoms with Gasteiger partial charge in [-0.3, -0.25) is 9.59 Å². The Labute approximate surface area is 125 Å². The Bertz CT molecular complexity index is 501. The minimum Gasteiger partial charge on any atom is -0.458 e. The van der Waals surface area contributed by atoms with Gasteiger partial charge >= 0.3 is 11.9 Å². The molecule has 116 valence electrons. The molecular formula is C16H23NO4. The van der Waals surface area contributed by atoms with E-state index in [4.69, 9.17) is 9.47 Å². The average Bonchev–Trinajstić information content (AvgIpc) is 3.01. The third-order valence-corrected chi connectivity index (χ3v) is 4.62. The molecule has 0 aromatic heterocycles. The summed E-state index contributed by atoms with van der Waals surface area (Å²) >= 11 is 0. The number of esters is 2. The Morgan fingerprint density at radius 2 is 2.05 bits per heavy atom. The van der Waals surface area contributed by atoms with Crippen molar-refractivity contribution in [3.63, 3.8) is 0 Å². The van der Waals surface area contributed by atoms with Crippen LogP contribution in [0.25, 0.3) is 0 Å². The molecule has 21 heavy (non-hydrogen) atoms. The van der Waals surface area contributed by atoms with Crippen LogP contribution < -0.4 is 0 Å². The molecule has 1 saturated heterocycles. The number of hydrogen-bond acceptors (Lipinski definition) is 5. The molecule has 0 amide bonds. The summed E-state index contributed by atoms with van der Waals surface area (Å²) < 4.78 is 10.9. The molecule has 2 aliphatic carbocycles. The van der Waals surface area contributed by atoms with Crippen molar-refractivity contribution in [2.75, 3.05) is 0 Å². The van der Waals surface area contributed by atoms with Gasteiger partial charge in [0.15, 0.2) is 5.41 Å². The van der Waals surface area contributed by atoms with Crippen LogP contribution in [0.4, 0.5) is 0 Å². The van der Waals surface area contributed by atoms with Gasteiger partial charge in [0.25, 0.3) is 0 Å². The van der Waals surface area contributed by atoms with Crippen molar-refractivity contribution in [3.8, 4) is 6.07 Å². The quantitative estimate of drug-likeness (QED) is 0.694. The topological polar surface area (TPSA) is 76.4 Å². The highest BCUT2D eigenvalue weighted by Crippen LogP contribution is 2.62. The van der Waals surface area contributed by atoms with Gasteiger partial charge in [-0.25, -0.2) is 0 Å². The fourth-order valence-electron chi connectivity index (χ4n) is 3.59. The Hall–Kier alpha value is -1.57. The second-order valence-corrected chi connectivity index (χ2v) is 6.88. The first-order valence-electron chi connectivity index (χ1n) is 7.63. The van der Waals surface area contributed by atoms with Gasteiger partial charge in [-0.15, -0.1) is 0 Å². The maximum atomic E-state index is 12.0. The van der Waals surface area contributed by atoms with Crippen molar-refractivity contribution in [1.29, 1.82) is 5.26 Å². The second-order valence-electron chi connectivity index (χ2n) is 6.88. The van der Waals surface area contributed by atoms with Crippen LogP contribution in [0, 0.1) is 34.0 Å². The lowest BCUT2D eigenvalue weighted by Gasteiger charge is -2.30. The molecule has 0 aromatic carbocycles. The molecule has 0 aromatic rings. The lowest BCUT2D eigenvalue weighted by atomic mass is 9.74. The number of nitriles is 1. The zero-order valence-corrected chi connectivity index (χ0v) is 13.3. The highest BCUT2D eigenvalue weighted by atomic mass is 16.6. The zero-order chi connectivity index (χ0) is 16.0. The van der Waals surface area contributed by atoms with E-state index in [2.05, 4.69) is 6.07 Å². The van der Waals surface area contributed by atoms with Gasteiger partial charge in [0.2, 0.25) is 0 Å². The largest absolute Gasteiger partial charge is 0.458 e. The minimum atomic E-state index is -0.972. The zero-order valence-electron chi connectivity index (χ0n) is 13.3. The van der Waals surface area contributed by atoms with Crippen molar-refractivity contribution < 1.29 is 19.1 Å². The summed E-state index contributed by atoms with van der Waals surface area (Å²) in [4.78, 5) is 23.9. The molecule has 0 spiro atoms. The lowest BCUT2D eigenvalue weighted by molar-refractivity contribution is -0.169. The molecule has 2 bridgehead atoms. The molecule has 3 rings (SSSR count). The summed E-state index contributed by atoms with van der Waals surface area (Å²) in [6, 6.07) is 2.14. The standard InChI is InChI=1S/C14H17NO4.C2H6/c1-13(2,3)11(16)18-9-7-4-8-10(9)19-12(17)14(8,5-7)6-15;1-2/h7-10H,4-5H2,1-3H3;1-2H3. The van der Waals surface area contributed by atoms with Gasteiger partial charge in [0.05, 0.1) is 11.5 Å². The number of carbonyl (C=O) groups is 2. The van der Waals surface area contributed by atoms with Crippen molar-refractivity contribution in [1.82, 2.24) is 0 Å². The van der Waals surface area contributed by atoms with Crippen molar-refractivity contribution in [2.45, 2.75) is 59.7 Å². The summed E-state index contributed by atoms with van der Waals surface area (Å²) in [6.07, 6.45) is 0.416. The number of carbonyl (C=O) groups excluding carboxylic acids is 2. The normalized spacial score (nSPS) is 39.1. The maximum Gasteiger partial charge on any atom is 0.327 e. The van der Waals surface area contributed by atoms with Crippen LogP contribution in [0.3, 0.4) is 0 Å². The van der Waals surface area contributed by atoms with Crippen LogP contribution in [0.15, 0.2) is 0 Å². The van der Waals surface area contributed by atoms with Crippen molar-refractivity contribution in [2.24, 2.45) is 22.7 Å². The molecule has 3 fully saturated rings. The first-order chi connectivity index (χ1) is 9.79. The Morgan fingerprint density at radius 1 is 1.43 bits per heavy atom. The maximum absolute atomic E-state index is 12.0. The van der Waals surface area contributed by atoms with E-state index in [1.807, 2.05) is 13.8 Å². The molecule has 5 heteroatoms. The molecule has 5 nitrogen and oxygen atoms in total. The number of hydrogen-bond donors (Lipinski definition) is 0. The summed E-state index contributed by atoms with van der Waals surface area (Å²) in [5.41, 5.74) is -1.54. The summed E-state index contributed by atoms with van der Waals surface area (Å²) in [7, 11) is 0. The third-order valence-electron chi connectivity index (χ3n) is 4.62. The van der Waals surface area contributed by atoms with Gasteiger partial charge in [-0.05, 0) is 33.6 Å². The summed E-state index contributed by atoms with van der Waals surface area (Å²) in [5, 5.41) is 9.27. The first kappa shape index (κ1) is 15.8. The fraction of sp³-hybridized carbons (Fsp3) is 0.812. The van der Waals surface area contributed by atoms with E-state index >= 15 is 0 Å². The van der Waals surface area contributed by atoms with Gasteiger partial charge < -0.3 is 9.47 Å². The lowest BCUT2D eigenvalue weighted by Crippen LogP contribution is -2.41. The van der Waals surface area contributed by atoms with E-state index in [1.165, 1.54) is 0 Å². The van der Waals surface area contributed by atoms with E-state index < -0.39 is 22.9 Å². The van der Waals surface area contributed by atoms with E-state index in [0.717, 1.165) is 6.42 Å². The number of ether oxygens (including phenoxy) is 2. The number of rotatable bonds is 1. The SMILES string of the molecule is CC.CC(C)(C)C(=O)OC1C2CC3C1OC(=O)C3(C#N)C2.